The van der Waals surface area contributed by atoms with Crippen LogP contribution in [0.4, 0.5) is 48.3 Å². The molecule has 0 spiro atoms. The van der Waals surface area contributed by atoms with Gasteiger partial charge < -0.3 is 4.74 Å². The number of rotatable bonds is 7. The summed E-state index contributed by atoms with van der Waals surface area (Å²) < 4.78 is 155. The second-order valence-corrected chi connectivity index (χ2v) is 7.76. The number of ether oxygens (including phenoxy) is 1. The lowest BCUT2D eigenvalue weighted by Gasteiger charge is -2.20. The highest BCUT2D eigenvalue weighted by Crippen LogP contribution is 2.37. The van der Waals surface area contributed by atoms with E-state index in [-0.39, 0.29) is 12.0 Å². The first kappa shape index (κ1) is 28.0. The summed E-state index contributed by atoms with van der Waals surface area (Å²) in [6.45, 7) is 1.67. The van der Waals surface area contributed by atoms with E-state index in [1.807, 2.05) is 0 Å². The number of halogens is 11. The average Bonchev–Trinajstić information content (AvgIpc) is 2.75. The van der Waals surface area contributed by atoms with Crippen LogP contribution in [0.25, 0.3) is 17.0 Å². The van der Waals surface area contributed by atoms with Crippen LogP contribution in [0, 0.1) is 29.1 Å². The van der Waals surface area contributed by atoms with Crippen LogP contribution >= 0.6 is 0 Å². The van der Waals surface area contributed by atoms with Crippen molar-refractivity contribution in [1.82, 2.24) is 0 Å². The summed E-state index contributed by atoms with van der Waals surface area (Å²) in [7, 11) is 0. The van der Waals surface area contributed by atoms with E-state index < -0.39 is 81.3 Å². The van der Waals surface area contributed by atoms with Gasteiger partial charge in [0, 0.05) is 11.6 Å². The summed E-state index contributed by atoms with van der Waals surface area (Å²) in [5.41, 5.74) is -4.44. The first-order valence-electron chi connectivity index (χ1n) is 10.4. The SMILES string of the molecule is CCCc1ccc(C(F)(F)Oc2ccc(-c3cc(F)c(/C(F)=C/C(F)(F)F)c(F)c3)c(F)c2)c(F)c1F. The van der Waals surface area contributed by atoms with E-state index >= 15 is 0 Å². The van der Waals surface area contributed by atoms with Crippen molar-refractivity contribution in [1.29, 1.82) is 0 Å². The number of hydrogen-bond acceptors (Lipinski definition) is 1. The van der Waals surface area contributed by atoms with E-state index in [4.69, 9.17) is 0 Å². The Morgan fingerprint density at radius 1 is 0.811 bits per heavy atom. The molecule has 0 aliphatic rings. The minimum atomic E-state index is -5.21. The largest absolute Gasteiger partial charge is 0.429 e. The predicted molar refractivity (Wildman–Crippen MR) is 112 cm³/mol. The highest BCUT2D eigenvalue weighted by molar-refractivity contribution is 5.70. The van der Waals surface area contributed by atoms with Crippen LogP contribution in [0.3, 0.4) is 0 Å². The van der Waals surface area contributed by atoms with E-state index in [2.05, 4.69) is 4.74 Å². The number of alkyl halides is 5. The minimum Gasteiger partial charge on any atom is -0.429 e. The smallest absolute Gasteiger partial charge is 0.429 e. The number of hydrogen-bond donors (Lipinski definition) is 0. The molecule has 0 saturated carbocycles. The molecule has 0 aliphatic heterocycles. The second kappa shape index (κ2) is 10.4. The zero-order valence-electron chi connectivity index (χ0n) is 18.6. The highest BCUT2D eigenvalue weighted by Gasteiger charge is 2.39. The lowest BCUT2D eigenvalue weighted by atomic mass is 10.0. The molecule has 1 nitrogen and oxygen atoms in total. The predicted octanol–water partition coefficient (Wildman–Crippen LogP) is 9.00. The van der Waals surface area contributed by atoms with Gasteiger partial charge in [0.25, 0.3) is 0 Å². The van der Waals surface area contributed by atoms with Gasteiger partial charge in [-0.15, -0.1) is 0 Å². The van der Waals surface area contributed by atoms with Crippen molar-refractivity contribution in [3.8, 4) is 16.9 Å². The van der Waals surface area contributed by atoms with E-state index in [0.717, 1.165) is 18.2 Å². The molecule has 0 radical (unpaired) electrons. The van der Waals surface area contributed by atoms with Gasteiger partial charge in [-0.25, -0.2) is 26.3 Å². The molecule has 12 heteroatoms. The molecule has 0 amide bonds. The Bertz CT molecular complexity index is 1320. The van der Waals surface area contributed by atoms with Crippen molar-refractivity contribution >= 4 is 5.83 Å². The Morgan fingerprint density at radius 2 is 1.43 bits per heavy atom. The fourth-order valence-corrected chi connectivity index (χ4v) is 3.45. The molecule has 0 atom stereocenters. The van der Waals surface area contributed by atoms with Gasteiger partial charge in [0.15, 0.2) is 11.6 Å². The highest BCUT2D eigenvalue weighted by atomic mass is 19.4. The van der Waals surface area contributed by atoms with Crippen molar-refractivity contribution in [2.45, 2.75) is 32.1 Å². The number of aryl methyl sites for hydroxylation is 1. The molecule has 3 aromatic carbocycles. The van der Waals surface area contributed by atoms with Gasteiger partial charge in [-0.3, -0.25) is 0 Å². The third-order valence-electron chi connectivity index (χ3n) is 5.06. The molecule has 37 heavy (non-hydrogen) atoms. The standard InChI is InChI=1S/C25H15F11O/c1-2-3-12-4-7-16(23(31)22(12)30)25(35,36)37-14-5-6-15(17(26)10-14)13-8-18(27)21(19(28)9-13)20(29)11-24(32,33)34/h4-11H,2-3H2,1H3/b20-11-. The molecule has 0 aliphatic carbocycles. The zero-order valence-corrected chi connectivity index (χ0v) is 18.6. The van der Waals surface area contributed by atoms with E-state index in [1.165, 1.54) is 0 Å². The molecule has 0 unspecified atom stereocenters. The van der Waals surface area contributed by atoms with Crippen molar-refractivity contribution in [2.75, 3.05) is 0 Å². The van der Waals surface area contributed by atoms with E-state index in [9.17, 15) is 48.3 Å². The molecular weight excluding hydrogens is 525 g/mol. The molecular formula is C25H15F11O. The normalized spacial score (nSPS) is 12.7. The van der Waals surface area contributed by atoms with Gasteiger partial charge in [0.1, 0.15) is 34.6 Å². The van der Waals surface area contributed by atoms with Gasteiger partial charge in [0.05, 0.1) is 11.6 Å². The van der Waals surface area contributed by atoms with Crippen molar-refractivity contribution < 1.29 is 53.0 Å². The monoisotopic (exact) mass is 540 g/mol. The molecule has 0 saturated heterocycles. The summed E-state index contributed by atoms with van der Waals surface area (Å²) >= 11 is 0. The Hall–Kier alpha value is -3.57. The fraction of sp³-hybridized carbons (Fsp3) is 0.200. The first-order valence-corrected chi connectivity index (χ1v) is 10.4. The Labute approximate surface area is 202 Å². The lowest BCUT2D eigenvalue weighted by Crippen LogP contribution is -2.24. The summed E-state index contributed by atoms with van der Waals surface area (Å²) in [5.74, 6) is -11.4. The molecule has 0 heterocycles. The summed E-state index contributed by atoms with van der Waals surface area (Å²) in [5, 5.41) is 0. The molecule has 3 aromatic rings. The van der Waals surface area contributed by atoms with Crippen molar-refractivity contribution in [2.24, 2.45) is 0 Å². The number of allylic oxidation sites excluding steroid dienone is 1. The van der Waals surface area contributed by atoms with E-state index in [1.54, 1.807) is 6.92 Å². The van der Waals surface area contributed by atoms with Gasteiger partial charge in [-0.1, -0.05) is 19.4 Å². The number of benzene rings is 3. The second-order valence-electron chi connectivity index (χ2n) is 7.76. The third kappa shape index (κ3) is 6.23. The summed E-state index contributed by atoms with van der Waals surface area (Å²) in [6.07, 6.45) is -10.1. The molecule has 0 aromatic heterocycles. The molecule has 0 bridgehead atoms. The third-order valence-corrected chi connectivity index (χ3v) is 5.06. The van der Waals surface area contributed by atoms with Crippen LogP contribution < -0.4 is 4.74 Å². The average molecular weight is 540 g/mol. The molecule has 3 rings (SSSR count). The Kier molecular flexibility index (Phi) is 7.89. The van der Waals surface area contributed by atoms with Gasteiger partial charge in [-0.05, 0) is 47.9 Å². The fourth-order valence-electron chi connectivity index (χ4n) is 3.45. The topological polar surface area (TPSA) is 9.23 Å². The van der Waals surface area contributed by atoms with Crippen LogP contribution in [-0.2, 0) is 12.5 Å². The Balaban J connectivity index is 1.92. The Morgan fingerprint density at radius 3 is 1.97 bits per heavy atom. The van der Waals surface area contributed by atoms with Crippen LogP contribution in [0.2, 0.25) is 0 Å². The van der Waals surface area contributed by atoms with Gasteiger partial charge in [-0.2, -0.15) is 22.0 Å². The molecule has 0 N–H and O–H groups in total. The van der Waals surface area contributed by atoms with E-state index in [0.29, 0.717) is 30.7 Å². The maximum atomic E-state index is 14.6. The van der Waals surface area contributed by atoms with Crippen molar-refractivity contribution in [3.05, 3.63) is 94.3 Å². The van der Waals surface area contributed by atoms with Crippen molar-refractivity contribution in [3.63, 3.8) is 0 Å². The first-order chi connectivity index (χ1) is 17.1. The molecule has 0 fully saturated rings. The van der Waals surface area contributed by atoms with Gasteiger partial charge in [0.2, 0.25) is 0 Å². The van der Waals surface area contributed by atoms with Gasteiger partial charge >= 0.3 is 12.3 Å². The summed E-state index contributed by atoms with van der Waals surface area (Å²) in [4.78, 5) is 0. The van der Waals surface area contributed by atoms with Crippen LogP contribution in [0.15, 0.2) is 48.5 Å². The quantitative estimate of drug-likeness (QED) is 0.272. The maximum absolute atomic E-state index is 14.6. The molecule has 198 valence electrons. The van der Waals surface area contributed by atoms with Crippen LogP contribution in [0.5, 0.6) is 5.75 Å². The lowest BCUT2D eigenvalue weighted by molar-refractivity contribution is -0.187. The minimum absolute atomic E-state index is 0.0928. The van der Waals surface area contributed by atoms with Crippen LogP contribution in [-0.4, -0.2) is 6.18 Å². The zero-order chi connectivity index (χ0) is 27.7. The van der Waals surface area contributed by atoms with Crippen LogP contribution in [0.1, 0.15) is 30.0 Å². The maximum Gasteiger partial charge on any atom is 0.429 e. The summed E-state index contributed by atoms with van der Waals surface area (Å²) in [6, 6.07) is 4.07.